The molecule has 0 radical (unpaired) electrons. The van der Waals surface area contributed by atoms with Crippen molar-refractivity contribution in [3.05, 3.63) is 42.0 Å². The van der Waals surface area contributed by atoms with Crippen LogP contribution in [0.5, 0.6) is 0 Å². The van der Waals surface area contributed by atoms with E-state index in [1.165, 1.54) is 13.8 Å². The molecule has 1 aromatic carbocycles. The molecule has 0 aromatic heterocycles. The number of esters is 1. The van der Waals surface area contributed by atoms with E-state index in [1.807, 2.05) is 13.8 Å². The molecule has 1 aliphatic rings. The van der Waals surface area contributed by atoms with Crippen LogP contribution in [0.4, 0.5) is 5.69 Å². The normalized spacial score (nSPS) is 13.9. The van der Waals surface area contributed by atoms with Crippen molar-refractivity contribution in [2.45, 2.75) is 66.7 Å². The van der Waals surface area contributed by atoms with E-state index >= 15 is 0 Å². The van der Waals surface area contributed by atoms with Crippen LogP contribution in [0.3, 0.4) is 0 Å². The molecule has 11 nitrogen and oxygen atoms in total. The highest BCUT2D eigenvalue weighted by atomic mass is 16.5. The summed E-state index contributed by atoms with van der Waals surface area (Å²) in [6, 6.07) is 4.90. The van der Waals surface area contributed by atoms with E-state index < -0.39 is 41.6 Å². The topological polar surface area (TPSA) is 151 Å². The standard InChI is InChI=1S/C24H30N4O7.C2H6/c1-14(2)24(34)35-13-17-5-7-18(8-6-17)27-23(33)16(4)26-22(32)15(3)25-19(29)11-12-28-20(30)9-10-21(28)31;1-2/h5-10,14-16H,11-13H2,1-4H3,(H,25,29)(H,26,32)(H,27,33);1-2H3/t15-,16-;/m0./s1. The summed E-state index contributed by atoms with van der Waals surface area (Å²) in [5.74, 6) is -3.05. The average molecular weight is 517 g/mol. The Morgan fingerprint density at radius 3 is 1.92 bits per heavy atom. The molecular weight excluding hydrogens is 480 g/mol. The molecule has 0 saturated heterocycles. The molecule has 1 heterocycles. The summed E-state index contributed by atoms with van der Waals surface area (Å²) in [5, 5.41) is 7.66. The maximum atomic E-state index is 12.4. The second-order valence-corrected chi connectivity index (χ2v) is 8.38. The Kier molecular flexibility index (Phi) is 12.7. The molecule has 0 aliphatic carbocycles. The largest absolute Gasteiger partial charge is 0.461 e. The van der Waals surface area contributed by atoms with Gasteiger partial charge in [-0.25, -0.2) is 0 Å². The van der Waals surface area contributed by atoms with Crippen molar-refractivity contribution in [3.63, 3.8) is 0 Å². The van der Waals surface area contributed by atoms with Crippen LogP contribution in [0.25, 0.3) is 0 Å². The van der Waals surface area contributed by atoms with E-state index in [9.17, 15) is 28.8 Å². The van der Waals surface area contributed by atoms with E-state index in [0.717, 1.165) is 22.6 Å². The number of rotatable bonds is 11. The van der Waals surface area contributed by atoms with Crippen LogP contribution in [-0.2, 0) is 40.1 Å². The number of nitrogens with zero attached hydrogens (tertiary/aromatic N) is 1. The molecule has 202 valence electrons. The van der Waals surface area contributed by atoms with Crippen molar-refractivity contribution < 1.29 is 33.5 Å². The highest BCUT2D eigenvalue weighted by molar-refractivity contribution is 6.13. The average Bonchev–Trinajstić information content (AvgIpc) is 3.19. The first-order valence-corrected chi connectivity index (χ1v) is 12.2. The van der Waals surface area contributed by atoms with Gasteiger partial charge in [-0.1, -0.05) is 39.8 Å². The van der Waals surface area contributed by atoms with Gasteiger partial charge in [0, 0.05) is 30.8 Å². The van der Waals surface area contributed by atoms with Gasteiger partial charge in [0.05, 0.1) is 5.92 Å². The maximum Gasteiger partial charge on any atom is 0.308 e. The second kappa shape index (κ2) is 15.2. The van der Waals surface area contributed by atoms with Gasteiger partial charge in [0.15, 0.2) is 0 Å². The molecule has 0 unspecified atom stereocenters. The minimum absolute atomic E-state index is 0.0946. The number of hydrogen-bond donors (Lipinski definition) is 3. The van der Waals surface area contributed by atoms with Crippen molar-refractivity contribution in [1.82, 2.24) is 15.5 Å². The molecule has 0 spiro atoms. The van der Waals surface area contributed by atoms with Gasteiger partial charge in [-0.2, -0.15) is 0 Å². The first-order valence-electron chi connectivity index (χ1n) is 12.2. The molecule has 11 heteroatoms. The molecule has 1 aromatic rings. The predicted molar refractivity (Wildman–Crippen MR) is 137 cm³/mol. The lowest BCUT2D eigenvalue weighted by atomic mass is 10.2. The highest BCUT2D eigenvalue weighted by Crippen LogP contribution is 2.12. The molecule has 0 saturated carbocycles. The Labute approximate surface area is 217 Å². The number of benzene rings is 1. The van der Waals surface area contributed by atoms with Crippen LogP contribution in [-0.4, -0.2) is 59.0 Å². The molecule has 1 aliphatic heterocycles. The van der Waals surface area contributed by atoms with Crippen molar-refractivity contribution >= 4 is 41.2 Å². The fourth-order valence-corrected chi connectivity index (χ4v) is 2.90. The van der Waals surface area contributed by atoms with Crippen LogP contribution < -0.4 is 16.0 Å². The minimum atomic E-state index is -0.936. The summed E-state index contributed by atoms with van der Waals surface area (Å²) in [7, 11) is 0. The predicted octanol–water partition coefficient (Wildman–Crippen LogP) is 1.68. The number of ether oxygens (including phenoxy) is 1. The monoisotopic (exact) mass is 516 g/mol. The van der Waals surface area contributed by atoms with Crippen LogP contribution in [0, 0.1) is 5.92 Å². The fraction of sp³-hybridized carbons (Fsp3) is 0.462. The highest BCUT2D eigenvalue weighted by Gasteiger charge is 2.25. The minimum Gasteiger partial charge on any atom is -0.461 e. The maximum absolute atomic E-state index is 12.4. The number of nitrogens with one attached hydrogen (secondary N) is 3. The molecular formula is C26H36N4O7. The Morgan fingerprint density at radius 1 is 0.838 bits per heavy atom. The van der Waals surface area contributed by atoms with E-state index in [2.05, 4.69) is 16.0 Å². The molecule has 0 bridgehead atoms. The first kappa shape index (κ1) is 31.0. The van der Waals surface area contributed by atoms with Crippen LogP contribution in [0.1, 0.15) is 53.5 Å². The number of hydrogen-bond acceptors (Lipinski definition) is 7. The lowest BCUT2D eigenvalue weighted by Crippen LogP contribution is -2.50. The van der Waals surface area contributed by atoms with Crippen molar-refractivity contribution in [2.24, 2.45) is 5.92 Å². The summed E-state index contributed by atoms with van der Waals surface area (Å²) in [6.07, 6.45) is 2.10. The van der Waals surface area contributed by atoms with Gasteiger partial charge in [0.25, 0.3) is 11.8 Å². The summed E-state index contributed by atoms with van der Waals surface area (Å²) in [6.45, 7) is 10.5. The Hall–Kier alpha value is -4.02. The van der Waals surface area contributed by atoms with Crippen LogP contribution >= 0.6 is 0 Å². The van der Waals surface area contributed by atoms with E-state index in [1.54, 1.807) is 38.1 Å². The van der Waals surface area contributed by atoms with Gasteiger partial charge in [0.2, 0.25) is 17.7 Å². The summed E-state index contributed by atoms with van der Waals surface area (Å²) >= 11 is 0. The second-order valence-electron chi connectivity index (χ2n) is 8.38. The van der Waals surface area contributed by atoms with Crippen LogP contribution in [0.2, 0.25) is 0 Å². The smallest absolute Gasteiger partial charge is 0.308 e. The van der Waals surface area contributed by atoms with Crippen molar-refractivity contribution in [3.8, 4) is 0 Å². The fourth-order valence-electron chi connectivity index (χ4n) is 2.90. The third-order valence-corrected chi connectivity index (χ3v) is 5.06. The van der Waals surface area contributed by atoms with Gasteiger partial charge in [-0.3, -0.25) is 33.7 Å². The number of carbonyl (C=O) groups excluding carboxylic acids is 6. The number of anilines is 1. The quantitative estimate of drug-likeness (QED) is 0.299. The van der Waals surface area contributed by atoms with E-state index in [4.69, 9.17) is 4.74 Å². The number of imide groups is 1. The third kappa shape index (κ3) is 10.2. The Bertz CT molecular complexity index is 1000. The van der Waals surface area contributed by atoms with E-state index in [-0.39, 0.29) is 31.5 Å². The molecule has 0 fully saturated rings. The summed E-state index contributed by atoms with van der Waals surface area (Å²) in [5.41, 5.74) is 1.26. The first-order chi connectivity index (χ1) is 17.5. The SMILES string of the molecule is CC.CC(C)C(=O)OCc1ccc(NC(=O)[C@H](C)NC(=O)[C@H](C)NC(=O)CCN2C(=O)C=CC2=O)cc1. The van der Waals surface area contributed by atoms with Crippen LogP contribution in [0.15, 0.2) is 36.4 Å². The van der Waals surface area contributed by atoms with Gasteiger partial charge in [-0.05, 0) is 31.5 Å². The number of amides is 5. The molecule has 2 atom stereocenters. The summed E-state index contributed by atoms with van der Waals surface area (Å²) in [4.78, 5) is 72.3. The van der Waals surface area contributed by atoms with Gasteiger partial charge in [0.1, 0.15) is 18.7 Å². The van der Waals surface area contributed by atoms with Gasteiger partial charge < -0.3 is 20.7 Å². The number of carbonyl (C=O) groups is 6. The van der Waals surface area contributed by atoms with E-state index in [0.29, 0.717) is 5.69 Å². The van der Waals surface area contributed by atoms with Crippen molar-refractivity contribution in [2.75, 3.05) is 11.9 Å². The molecule has 2 rings (SSSR count). The zero-order valence-corrected chi connectivity index (χ0v) is 22.1. The Balaban J connectivity index is 0.00000334. The van der Waals surface area contributed by atoms with Gasteiger partial charge >= 0.3 is 5.97 Å². The molecule has 5 amide bonds. The molecule has 3 N–H and O–H groups in total. The lowest BCUT2D eigenvalue weighted by Gasteiger charge is -2.19. The zero-order chi connectivity index (χ0) is 28.1. The zero-order valence-electron chi connectivity index (χ0n) is 22.1. The Morgan fingerprint density at radius 2 is 1.38 bits per heavy atom. The van der Waals surface area contributed by atoms with Crippen molar-refractivity contribution in [1.29, 1.82) is 0 Å². The lowest BCUT2D eigenvalue weighted by molar-refractivity contribution is -0.148. The third-order valence-electron chi connectivity index (χ3n) is 5.06. The summed E-state index contributed by atoms with van der Waals surface area (Å²) < 4.78 is 5.15. The van der Waals surface area contributed by atoms with Gasteiger partial charge in [-0.15, -0.1) is 0 Å². The molecule has 37 heavy (non-hydrogen) atoms.